The van der Waals surface area contributed by atoms with Crippen molar-refractivity contribution in [2.45, 2.75) is 38.2 Å². The molecule has 1 aromatic rings. The number of hydrogen-bond acceptors (Lipinski definition) is 4. The molecule has 2 N–H and O–H groups in total. The Bertz CT molecular complexity index is 515. The molecule has 0 saturated heterocycles. The molecular formula is C15H19FO5. The molecule has 0 fully saturated rings. The molecule has 0 bridgehead atoms. The maximum absolute atomic E-state index is 14.0. The Morgan fingerprint density at radius 3 is 2.48 bits per heavy atom. The summed E-state index contributed by atoms with van der Waals surface area (Å²) in [6.07, 6.45) is -1.04. The molecule has 5 nitrogen and oxygen atoms in total. The number of halogens is 1. The Hall–Kier alpha value is -1.95. The first-order valence-electron chi connectivity index (χ1n) is 6.70. The van der Waals surface area contributed by atoms with Crippen molar-refractivity contribution in [3.8, 4) is 0 Å². The molecule has 0 saturated carbocycles. The topological polar surface area (TPSA) is 83.8 Å². The van der Waals surface area contributed by atoms with Crippen LogP contribution < -0.4 is 0 Å². The third kappa shape index (κ3) is 3.58. The molecule has 1 rings (SSSR count). The molecule has 0 aliphatic heterocycles. The van der Waals surface area contributed by atoms with Gasteiger partial charge in [0, 0.05) is 5.56 Å². The van der Waals surface area contributed by atoms with Gasteiger partial charge in [0.15, 0.2) is 5.41 Å². The van der Waals surface area contributed by atoms with Crippen molar-refractivity contribution >= 4 is 11.9 Å². The van der Waals surface area contributed by atoms with E-state index in [-0.39, 0.29) is 25.0 Å². The first kappa shape index (κ1) is 17.1. The van der Waals surface area contributed by atoms with Crippen LogP contribution in [0, 0.1) is 5.82 Å². The van der Waals surface area contributed by atoms with Crippen molar-refractivity contribution in [2.75, 3.05) is 6.61 Å². The fourth-order valence-corrected chi connectivity index (χ4v) is 2.14. The number of benzene rings is 1. The summed E-state index contributed by atoms with van der Waals surface area (Å²) < 4.78 is 18.9. The van der Waals surface area contributed by atoms with Gasteiger partial charge in [-0.15, -0.1) is 0 Å². The molecule has 1 aromatic carbocycles. The standard InChI is InChI=1S/C15H19FO5/c1-3-21-14(20)15(13(18)19,9-8-10(2)17)11-6-4-5-7-12(11)16/h4-7,10,17H,3,8-9H2,1-2H3,(H,18,19). The number of aliphatic hydroxyl groups excluding tert-OH is 1. The highest BCUT2D eigenvalue weighted by Gasteiger charge is 2.50. The summed E-state index contributed by atoms with van der Waals surface area (Å²) in [6.45, 7) is 3.00. The van der Waals surface area contributed by atoms with Crippen LogP contribution >= 0.6 is 0 Å². The summed E-state index contributed by atoms with van der Waals surface area (Å²) in [4.78, 5) is 24.0. The van der Waals surface area contributed by atoms with Crippen molar-refractivity contribution in [3.05, 3.63) is 35.6 Å². The molecular weight excluding hydrogens is 279 g/mol. The van der Waals surface area contributed by atoms with E-state index in [1.807, 2.05) is 0 Å². The normalized spacial score (nSPS) is 15.0. The number of aliphatic carboxylic acids is 1. The van der Waals surface area contributed by atoms with Crippen LogP contribution in [-0.2, 0) is 19.7 Å². The van der Waals surface area contributed by atoms with Crippen molar-refractivity contribution in [3.63, 3.8) is 0 Å². The minimum absolute atomic E-state index is 0.0169. The van der Waals surface area contributed by atoms with Gasteiger partial charge in [0.25, 0.3) is 0 Å². The molecule has 0 aliphatic carbocycles. The zero-order chi connectivity index (χ0) is 16.0. The molecule has 2 unspecified atom stereocenters. The number of rotatable bonds is 7. The zero-order valence-electron chi connectivity index (χ0n) is 12.0. The Kier molecular flexibility index (Phi) is 5.84. The van der Waals surface area contributed by atoms with Gasteiger partial charge in [-0.3, -0.25) is 9.59 Å². The molecule has 116 valence electrons. The number of ether oxygens (including phenoxy) is 1. The Balaban J connectivity index is 3.40. The zero-order valence-corrected chi connectivity index (χ0v) is 12.0. The maximum Gasteiger partial charge on any atom is 0.328 e. The first-order valence-corrected chi connectivity index (χ1v) is 6.70. The summed E-state index contributed by atoms with van der Waals surface area (Å²) in [7, 11) is 0. The van der Waals surface area contributed by atoms with Crippen molar-refractivity contribution in [1.29, 1.82) is 0 Å². The number of carboxylic acids is 1. The van der Waals surface area contributed by atoms with Gasteiger partial charge in [-0.05, 0) is 32.8 Å². The largest absolute Gasteiger partial charge is 0.480 e. The first-order chi connectivity index (χ1) is 9.86. The van der Waals surface area contributed by atoms with Crippen LogP contribution in [0.4, 0.5) is 4.39 Å². The monoisotopic (exact) mass is 298 g/mol. The molecule has 0 aromatic heterocycles. The lowest BCUT2D eigenvalue weighted by Gasteiger charge is -2.28. The second kappa shape index (κ2) is 7.17. The van der Waals surface area contributed by atoms with Crippen LogP contribution in [0.25, 0.3) is 0 Å². The Morgan fingerprint density at radius 1 is 1.38 bits per heavy atom. The smallest absolute Gasteiger partial charge is 0.328 e. The van der Waals surface area contributed by atoms with Crippen LogP contribution in [0.2, 0.25) is 0 Å². The number of carbonyl (C=O) groups excluding carboxylic acids is 1. The number of aliphatic hydroxyl groups is 1. The summed E-state index contributed by atoms with van der Waals surface area (Å²) in [5.41, 5.74) is -2.41. The molecule has 2 atom stereocenters. The van der Waals surface area contributed by atoms with E-state index >= 15 is 0 Å². The van der Waals surface area contributed by atoms with Crippen LogP contribution in [0.3, 0.4) is 0 Å². The Morgan fingerprint density at radius 2 is 2.00 bits per heavy atom. The maximum atomic E-state index is 14.0. The summed E-state index contributed by atoms with van der Waals surface area (Å²) in [6, 6.07) is 5.21. The highest BCUT2D eigenvalue weighted by Crippen LogP contribution is 2.34. The third-order valence-electron chi connectivity index (χ3n) is 3.26. The van der Waals surface area contributed by atoms with Gasteiger partial charge < -0.3 is 14.9 Å². The van der Waals surface area contributed by atoms with E-state index in [0.717, 1.165) is 6.07 Å². The van der Waals surface area contributed by atoms with Crippen LogP contribution in [0.15, 0.2) is 24.3 Å². The van der Waals surface area contributed by atoms with Crippen LogP contribution in [0.5, 0.6) is 0 Å². The molecule has 0 spiro atoms. The molecule has 0 aliphatic rings. The molecule has 6 heteroatoms. The van der Waals surface area contributed by atoms with Gasteiger partial charge in [0.2, 0.25) is 0 Å². The van der Waals surface area contributed by atoms with Gasteiger partial charge in [0.05, 0.1) is 12.7 Å². The van der Waals surface area contributed by atoms with Crippen molar-refractivity contribution < 1.29 is 28.9 Å². The number of carboxylic acid groups (broad SMARTS) is 1. The fourth-order valence-electron chi connectivity index (χ4n) is 2.14. The van der Waals surface area contributed by atoms with Gasteiger partial charge >= 0.3 is 11.9 Å². The third-order valence-corrected chi connectivity index (χ3v) is 3.26. The van der Waals surface area contributed by atoms with E-state index in [9.17, 15) is 24.2 Å². The molecule has 0 radical (unpaired) electrons. The quantitative estimate of drug-likeness (QED) is 0.593. The minimum Gasteiger partial charge on any atom is -0.480 e. The predicted molar refractivity (Wildman–Crippen MR) is 73.3 cm³/mol. The SMILES string of the molecule is CCOC(=O)C(CCC(C)O)(C(=O)O)c1ccccc1F. The predicted octanol–water partition coefficient (Wildman–Crippen LogP) is 1.87. The van der Waals surface area contributed by atoms with E-state index in [4.69, 9.17) is 4.74 Å². The van der Waals surface area contributed by atoms with Crippen LogP contribution in [0.1, 0.15) is 32.3 Å². The van der Waals surface area contributed by atoms with E-state index in [1.165, 1.54) is 25.1 Å². The lowest BCUT2D eigenvalue weighted by Crippen LogP contribution is -2.46. The fraction of sp³-hybridized carbons (Fsp3) is 0.467. The Labute approximate surface area is 122 Å². The number of hydrogen-bond donors (Lipinski definition) is 2. The van der Waals surface area contributed by atoms with E-state index in [2.05, 4.69) is 0 Å². The van der Waals surface area contributed by atoms with Crippen molar-refractivity contribution in [1.82, 2.24) is 0 Å². The lowest BCUT2D eigenvalue weighted by molar-refractivity contribution is -0.162. The average molecular weight is 298 g/mol. The summed E-state index contributed by atoms with van der Waals surface area (Å²) in [5.74, 6) is -3.31. The van der Waals surface area contributed by atoms with Gasteiger partial charge in [-0.25, -0.2) is 4.39 Å². The summed E-state index contributed by atoms with van der Waals surface area (Å²) >= 11 is 0. The average Bonchev–Trinajstić information content (AvgIpc) is 2.41. The van der Waals surface area contributed by atoms with Gasteiger partial charge in [0.1, 0.15) is 5.82 Å². The number of carbonyl (C=O) groups is 2. The summed E-state index contributed by atoms with van der Waals surface area (Å²) in [5, 5.41) is 18.9. The minimum atomic E-state index is -2.15. The molecule has 0 amide bonds. The van der Waals surface area contributed by atoms with Gasteiger partial charge in [-0.2, -0.15) is 0 Å². The second-order valence-corrected chi connectivity index (χ2v) is 4.80. The van der Waals surface area contributed by atoms with E-state index in [0.29, 0.717) is 0 Å². The second-order valence-electron chi connectivity index (χ2n) is 4.80. The van der Waals surface area contributed by atoms with Gasteiger partial charge in [-0.1, -0.05) is 18.2 Å². The van der Waals surface area contributed by atoms with E-state index in [1.54, 1.807) is 6.92 Å². The number of esters is 1. The molecule has 0 heterocycles. The van der Waals surface area contributed by atoms with E-state index < -0.39 is 29.3 Å². The molecule has 21 heavy (non-hydrogen) atoms. The van der Waals surface area contributed by atoms with Crippen LogP contribution in [-0.4, -0.2) is 34.9 Å². The highest BCUT2D eigenvalue weighted by molar-refractivity contribution is 6.05. The lowest BCUT2D eigenvalue weighted by atomic mass is 9.75. The van der Waals surface area contributed by atoms with Crippen molar-refractivity contribution in [2.24, 2.45) is 0 Å². The highest BCUT2D eigenvalue weighted by atomic mass is 19.1.